The van der Waals surface area contributed by atoms with E-state index in [0.29, 0.717) is 0 Å². The molecule has 2 rings (SSSR count). The van der Waals surface area contributed by atoms with E-state index in [4.69, 9.17) is 4.42 Å². The minimum Gasteiger partial charge on any atom is -0.464 e. The third kappa shape index (κ3) is 3.38. The predicted molar refractivity (Wildman–Crippen MR) is 77.2 cm³/mol. The zero-order chi connectivity index (χ0) is 13.8. The van der Waals surface area contributed by atoms with Gasteiger partial charge in [0.1, 0.15) is 11.5 Å². The van der Waals surface area contributed by atoms with Gasteiger partial charge in [0.2, 0.25) is 0 Å². The molecule has 0 unspecified atom stereocenters. The standard InChI is InChI=1S/C16H21NO2/c1-4-16(18)13-6-8-14(9-7-13)17(3)11-15-10-5-12(2)19-15/h5-10,16,18H,4,11H2,1-3H3/t16-/m0/s1. The molecule has 1 N–H and O–H groups in total. The first-order valence-electron chi connectivity index (χ1n) is 6.64. The van der Waals surface area contributed by atoms with E-state index in [2.05, 4.69) is 4.90 Å². The average Bonchev–Trinajstić information content (AvgIpc) is 2.83. The van der Waals surface area contributed by atoms with E-state index < -0.39 is 0 Å². The fourth-order valence-electron chi connectivity index (χ4n) is 2.08. The van der Waals surface area contributed by atoms with Crippen LogP contribution in [0.25, 0.3) is 0 Å². The van der Waals surface area contributed by atoms with Crippen LogP contribution < -0.4 is 4.90 Å². The van der Waals surface area contributed by atoms with Crippen molar-refractivity contribution >= 4 is 5.69 Å². The van der Waals surface area contributed by atoms with E-state index in [1.807, 2.05) is 57.3 Å². The minimum absolute atomic E-state index is 0.368. The van der Waals surface area contributed by atoms with Gasteiger partial charge in [-0.15, -0.1) is 0 Å². The molecule has 3 heteroatoms. The van der Waals surface area contributed by atoms with Crippen molar-refractivity contribution in [3.05, 3.63) is 53.5 Å². The van der Waals surface area contributed by atoms with E-state index in [1.54, 1.807) is 0 Å². The highest BCUT2D eigenvalue weighted by Gasteiger charge is 2.07. The van der Waals surface area contributed by atoms with Gasteiger partial charge >= 0.3 is 0 Å². The summed E-state index contributed by atoms with van der Waals surface area (Å²) in [6, 6.07) is 12.0. The number of hydrogen-bond donors (Lipinski definition) is 1. The third-order valence-electron chi connectivity index (χ3n) is 3.29. The van der Waals surface area contributed by atoms with Crippen molar-refractivity contribution in [2.75, 3.05) is 11.9 Å². The van der Waals surface area contributed by atoms with Gasteiger partial charge in [-0.05, 0) is 43.2 Å². The number of aliphatic hydroxyl groups excluding tert-OH is 1. The molecule has 1 aromatic carbocycles. The van der Waals surface area contributed by atoms with Gasteiger partial charge in [0.05, 0.1) is 12.6 Å². The van der Waals surface area contributed by atoms with E-state index in [0.717, 1.165) is 35.7 Å². The molecule has 19 heavy (non-hydrogen) atoms. The molecule has 0 bridgehead atoms. The van der Waals surface area contributed by atoms with Gasteiger partial charge in [-0.2, -0.15) is 0 Å². The number of benzene rings is 1. The smallest absolute Gasteiger partial charge is 0.123 e. The Morgan fingerprint density at radius 1 is 1.16 bits per heavy atom. The van der Waals surface area contributed by atoms with Gasteiger partial charge in [-0.1, -0.05) is 19.1 Å². The lowest BCUT2D eigenvalue weighted by Gasteiger charge is -2.19. The average molecular weight is 259 g/mol. The summed E-state index contributed by atoms with van der Waals surface area (Å²) >= 11 is 0. The second-order valence-corrected chi connectivity index (χ2v) is 4.88. The maximum atomic E-state index is 9.77. The first kappa shape index (κ1) is 13.7. The summed E-state index contributed by atoms with van der Waals surface area (Å²) < 4.78 is 5.57. The van der Waals surface area contributed by atoms with E-state index in [9.17, 15) is 5.11 Å². The van der Waals surface area contributed by atoms with Gasteiger partial charge in [-0.3, -0.25) is 0 Å². The summed E-state index contributed by atoms with van der Waals surface area (Å²) in [6.45, 7) is 4.66. The fourth-order valence-corrected chi connectivity index (χ4v) is 2.08. The maximum Gasteiger partial charge on any atom is 0.123 e. The quantitative estimate of drug-likeness (QED) is 0.890. The van der Waals surface area contributed by atoms with Gasteiger partial charge < -0.3 is 14.4 Å². The van der Waals surface area contributed by atoms with Gasteiger partial charge in [-0.25, -0.2) is 0 Å². The van der Waals surface area contributed by atoms with Crippen LogP contribution in [0.4, 0.5) is 5.69 Å². The molecule has 0 fully saturated rings. The molecule has 0 amide bonds. The van der Waals surface area contributed by atoms with Crippen LogP contribution in [0.5, 0.6) is 0 Å². The fraction of sp³-hybridized carbons (Fsp3) is 0.375. The normalized spacial score (nSPS) is 12.4. The second kappa shape index (κ2) is 5.93. The number of aliphatic hydroxyl groups is 1. The summed E-state index contributed by atoms with van der Waals surface area (Å²) in [6.07, 6.45) is 0.369. The number of aryl methyl sites for hydroxylation is 1. The lowest BCUT2D eigenvalue weighted by Crippen LogP contribution is -2.15. The van der Waals surface area contributed by atoms with Crippen molar-refractivity contribution < 1.29 is 9.52 Å². The molecule has 102 valence electrons. The Labute approximate surface area is 114 Å². The summed E-state index contributed by atoms with van der Waals surface area (Å²) in [5, 5.41) is 9.77. The molecular weight excluding hydrogens is 238 g/mol. The highest BCUT2D eigenvalue weighted by Crippen LogP contribution is 2.21. The SMILES string of the molecule is CC[C@H](O)c1ccc(N(C)Cc2ccc(C)o2)cc1. The van der Waals surface area contributed by atoms with Crippen LogP contribution in [0.15, 0.2) is 40.8 Å². The van der Waals surface area contributed by atoms with Crippen molar-refractivity contribution in [2.45, 2.75) is 32.9 Å². The van der Waals surface area contributed by atoms with Crippen molar-refractivity contribution in [1.82, 2.24) is 0 Å². The van der Waals surface area contributed by atoms with E-state index >= 15 is 0 Å². The Bertz CT molecular complexity index is 516. The number of anilines is 1. The molecule has 3 nitrogen and oxygen atoms in total. The molecule has 0 aliphatic carbocycles. The zero-order valence-corrected chi connectivity index (χ0v) is 11.8. The molecule has 1 atom stereocenters. The van der Waals surface area contributed by atoms with Crippen LogP contribution in [-0.2, 0) is 6.54 Å². The predicted octanol–water partition coefficient (Wildman–Crippen LogP) is 3.67. The van der Waals surface area contributed by atoms with Gasteiger partial charge in [0, 0.05) is 12.7 Å². The minimum atomic E-state index is -0.368. The Balaban J connectivity index is 2.05. The molecule has 0 saturated carbocycles. The highest BCUT2D eigenvalue weighted by atomic mass is 16.3. The van der Waals surface area contributed by atoms with Crippen molar-refractivity contribution in [2.24, 2.45) is 0 Å². The molecule has 0 aliphatic rings. The molecule has 1 aromatic heterocycles. The number of nitrogens with zero attached hydrogens (tertiary/aromatic N) is 1. The van der Waals surface area contributed by atoms with E-state index in [1.165, 1.54) is 0 Å². The summed E-state index contributed by atoms with van der Waals surface area (Å²) in [5.41, 5.74) is 2.08. The Hall–Kier alpha value is -1.74. The van der Waals surface area contributed by atoms with Crippen molar-refractivity contribution in [3.8, 4) is 0 Å². The summed E-state index contributed by atoms with van der Waals surface area (Å²) in [7, 11) is 2.03. The van der Waals surface area contributed by atoms with Crippen molar-refractivity contribution in [1.29, 1.82) is 0 Å². The summed E-state index contributed by atoms with van der Waals surface area (Å²) in [5.74, 6) is 1.89. The molecule has 0 spiro atoms. The van der Waals surface area contributed by atoms with Crippen LogP contribution >= 0.6 is 0 Å². The zero-order valence-electron chi connectivity index (χ0n) is 11.8. The Morgan fingerprint density at radius 2 is 1.84 bits per heavy atom. The molecule has 1 heterocycles. The first-order valence-corrected chi connectivity index (χ1v) is 6.64. The number of furan rings is 1. The van der Waals surface area contributed by atoms with E-state index in [-0.39, 0.29) is 6.10 Å². The summed E-state index contributed by atoms with van der Waals surface area (Å²) in [4.78, 5) is 2.13. The third-order valence-corrected chi connectivity index (χ3v) is 3.29. The van der Waals surface area contributed by atoms with Crippen LogP contribution in [0.2, 0.25) is 0 Å². The Kier molecular flexibility index (Phi) is 4.27. The molecule has 0 radical (unpaired) electrons. The van der Waals surface area contributed by atoms with Crippen LogP contribution in [0.3, 0.4) is 0 Å². The second-order valence-electron chi connectivity index (χ2n) is 4.88. The van der Waals surface area contributed by atoms with Gasteiger partial charge in [0.15, 0.2) is 0 Å². The first-order chi connectivity index (χ1) is 9.10. The lowest BCUT2D eigenvalue weighted by atomic mass is 10.1. The van der Waals surface area contributed by atoms with Gasteiger partial charge in [0.25, 0.3) is 0 Å². The molecule has 0 aliphatic heterocycles. The Morgan fingerprint density at radius 3 is 2.37 bits per heavy atom. The monoisotopic (exact) mass is 259 g/mol. The van der Waals surface area contributed by atoms with Crippen molar-refractivity contribution in [3.63, 3.8) is 0 Å². The van der Waals surface area contributed by atoms with Crippen LogP contribution in [0, 0.1) is 6.92 Å². The van der Waals surface area contributed by atoms with Crippen LogP contribution in [-0.4, -0.2) is 12.2 Å². The maximum absolute atomic E-state index is 9.77. The molecule has 2 aromatic rings. The number of hydrogen-bond acceptors (Lipinski definition) is 3. The van der Waals surface area contributed by atoms with Crippen LogP contribution in [0.1, 0.15) is 36.5 Å². The molecule has 0 saturated heterocycles. The largest absolute Gasteiger partial charge is 0.464 e. The molecular formula is C16H21NO2. The topological polar surface area (TPSA) is 36.6 Å². The highest BCUT2D eigenvalue weighted by molar-refractivity contribution is 5.47. The number of rotatable bonds is 5. The lowest BCUT2D eigenvalue weighted by molar-refractivity contribution is 0.173.